The minimum atomic E-state index is 0.604. The van der Waals surface area contributed by atoms with E-state index in [0.29, 0.717) is 6.04 Å². The first-order chi connectivity index (χ1) is 10.8. The molecule has 0 aromatic heterocycles. The average molecular weight is 313 g/mol. The van der Waals surface area contributed by atoms with Crippen molar-refractivity contribution >= 4 is 0 Å². The van der Waals surface area contributed by atoms with Crippen LogP contribution in [0.5, 0.6) is 0 Å². The molecular weight excluding hydrogens is 268 g/mol. The van der Waals surface area contributed by atoms with Gasteiger partial charge in [-0.3, -0.25) is 0 Å². The SMILES string of the molecule is CCCCCCCCCCCCCCCCNC(C)CNC. The summed E-state index contributed by atoms with van der Waals surface area (Å²) in [5.74, 6) is 0. The van der Waals surface area contributed by atoms with E-state index >= 15 is 0 Å². The first-order valence-corrected chi connectivity index (χ1v) is 10.2. The molecule has 0 bridgehead atoms. The zero-order valence-corrected chi connectivity index (χ0v) is 15.9. The molecule has 134 valence electrons. The second-order valence-electron chi connectivity index (χ2n) is 7.01. The molecule has 2 nitrogen and oxygen atoms in total. The Morgan fingerprint density at radius 1 is 0.636 bits per heavy atom. The molecule has 0 aromatic rings. The molecule has 0 aliphatic heterocycles. The van der Waals surface area contributed by atoms with Crippen LogP contribution >= 0.6 is 0 Å². The second kappa shape index (κ2) is 19.0. The Balaban J connectivity index is 3.00. The third-order valence-electron chi connectivity index (χ3n) is 4.53. The molecule has 0 fully saturated rings. The summed E-state index contributed by atoms with van der Waals surface area (Å²) in [5.41, 5.74) is 0. The van der Waals surface area contributed by atoms with Crippen LogP contribution in [0, 0.1) is 0 Å². The molecular formula is C20H44N2. The zero-order valence-electron chi connectivity index (χ0n) is 15.9. The lowest BCUT2D eigenvalue weighted by molar-refractivity contribution is 0.493. The van der Waals surface area contributed by atoms with Gasteiger partial charge in [0.05, 0.1) is 0 Å². The average Bonchev–Trinajstić information content (AvgIpc) is 2.51. The molecule has 2 N–H and O–H groups in total. The van der Waals surface area contributed by atoms with Gasteiger partial charge < -0.3 is 10.6 Å². The quantitative estimate of drug-likeness (QED) is 0.319. The van der Waals surface area contributed by atoms with Crippen LogP contribution in [0.25, 0.3) is 0 Å². The van der Waals surface area contributed by atoms with Crippen molar-refractivity contribution < 1.29 is 0 Å². The fourth-order valence-corrected chi connectivity index (χ4v) is 3.05. The van der Waals surface area contributed by atoms with Crippen molar-refractivity contribution in [2.75, 3.05) is 20.1 Å². The van der Waals surface area contributed by atoms with Crippen LogP contribution in [0.4, 0.5) is 0 Å². The van der Waals surface area contributed by atoms with E-state index in [4.69, 9.17) is 0 Å². The van der Waals surface area contributed by atoms with Gasteiger partial charge in [0.2, 0.25) is 0 Å². The molecule has 0 aliphatic carbocycles. The lowest BCUT2D eigenvalue weighted by atomic mass is 10.0. The van der Waals surface area contributed by atoms with Crippen molar-refractivity contribution in [3.63, 3.8) is 0 Å². The molecule has 0 amide bonds. The summed E-state index contributed by atoms with van der Waals surface area (Å²) in [6.07, 6.45) is 20.1. The van der Waals surface area contributed by atoms with E-state index in [1.54, 1.807) is 0 Å². The second-order valence-corrected chi connectivity index (χ2v) is 7.01. The zero-order chi connectivity index (χ0) is 16.3. The standard InChI is InChI=1S/C20H44N2/c1-4-5-6-7-8-9-10-11-12-13-14-15-16-17-18-22-20(2)19-21-3/h20-22H,4-19H2,1-3H3. The Morgan fingerprint density at radius 2 is 1.05 bits per heavy atom. The van der Waals surface area contributed by atoms with Crippen molar-refractivity contribution in [1.82, 2.24) is 10.6 Å². The summed E-state index contributed by atoms with van der Waals surface area (Å²) in [7, 11) is 2.02. The van der Waals surface area contributed by atoms with Gasteiger partial charge in [0, 0.05) is 12.6 Å². The van der Waals surface area contributed by atoms with Gasteiger partial charge in [-0.15, -0.1) is 0 Å². The van der Waals surface area contributed by atoms with E-state index in [2.05, 4.69) is 24.5 Å². The van der Waals surface area contributed by atoms with E-state index in [1.165, 1.54) is 96.4 Å². The summed E-state index contributed by atoms with van der Waals surface area (Å²) in [6.45, 7) is 6.79. The first kappa shape index (κ1) is 21.9. The number of hydrogen-bond acceptors (Lipinski definition) is 2. The highest BCUT2D eigenvalue weighted by molar-refractivity contribution is 4.61. The van der Waals surface area contributed by atoms with Crippen molar-refractivity contribution in [3.05, 3.63) is 0 Å². The molecule has 1 atom stereocenters. The van der Waals surface area contributed by atoms with Crippen LogP contribution in [0.15, 0.2) is 0 Å². The summed E-state index contributed by atoms with van der Waals surface area (Å²) >= 11 is 0. The topological polar surface area (TPSA) is 24.1 Å². The maximum Gasteiger partial charge on any atom is 0.0164 e. The van der Waals surface area contributed by atoms with Crippen LogP contribution in [0.1, 0.15) is 104 Å². The smallest absolute Gasteiger partial charge is 0.0164 e. The predicted octanol–water partition coefficient (Wildman–Crippen LogP) is 5.67. The third kappa shape index (κ3) is 18.0. The van der Waals surface area contributed by atoms with E-state index < -0.39 is 0 Å². The maximum atomic E-state index is 3.56. The largest absolute Gasteiger partial charge is 0.318 e. The Bertz CT molecular complexity index is 194. The fourth-order valence-electron chi connectivity index (χ4n) is 3.05. The summed E-state index contributed by atoms with van der Waals surface area (Å²) < 4.78 is 0. The van der Waals surface area contributed by atoms with Crippen LogP contribution in [-0.4, -0.2) is 26.2 Å². The number of hydrogen-bond donors (Lipinski definition) is 2. The van der Waals surface area contributed by atoms with Crippen LogP contribution < -0.4 is 10.6 Å². The summed E-state index contributed by atoms with van der Waals surface area (Å²) in [4.78, 5) is 0. The van der Waals surface area contributed by atoms with Gasteiger partial charge in [0.15, 0.2) is 0 Å². The van der Waals surface area contributed by atoms with Crippen molar-refractivity contribution in [2.24, 2.45) is 0 Å². The first-order valence-electron chi connectivity index (χ1n) is 10.2. The van der Waals surface area contributed by atoms with Crippen molar-refractivity contribution in [3.8, 4) is 0 Å². The van der Waals surface area contributed by atoms with E-state index in [1.807, 2.05) is 7.05 Å². The molecule has 0 spiro atoms. The van der Waals surface area contributed by atoms with Crippen molar-refractivity contribution in [2.45, 2.75) is 110 Å². The van der Waals surface area contributed by atoms with Gasteiger partial charge in [-0.25, -0.2) is 0 Å². The van der Waals surface area contributed by atoms with E-state index in [-0.39, 0.29) is 0 Å². The normalized spacial score (nSPS) is 12.7. The lowest BCUT2D eigenvalue weighted by Gasteiger charge is -2.12. The highest BCUT2D eigenvalue weighted by Crippen LogP contribution is 2.12. The van der Waals surface area contributed by atoms with Gasteiger partial charge in [0.1, 0.15) is 0 Å². The van der Waals surface area contributed by atoms with Gasteiger partial charge in [-0.05, 0) is 26.9 Å². The Labute approximate surface area is 141 Å². The molecule has 0 aromatic carbocycles. The predicted molar refractivity (Wildman–Crippen MR) is 102 cm³/mol. The summed E-state index contributed by atoms with van der Waals surface area (Å²) in [6, 6.07) is 0.604. The molecule has 0 saturated heterocycles. The summed E-state index contributed by atoms with van der Waals surface area (Å²) in [5, 5.41) is 6.77. The maximum absolute atomic E-state index is 3.56. The van der Waals surface area contributed by atoms with Crippen LogP contribution in [0.3, 0.4) is 0 Å². The van der Waals surface area contributed by atoms with Crippen LogP contribution in [-0.2, 0) is 0 Å². The van der Waals surface area contributed by atoms with Crippen molar-refractivity contribution in [1.29, 1.82) is 0 Å². The Kier molecular flexibility index (Phi) is 18.9. The van der Waals surface area contributed by atoms with Gasteiger partial charge in [0.25, 0.3) is 0 Å². The number of unbranched alkanes of at least 4 members (excludes halogenated alkanes) is 13. The molecule has 0 rings (SSSR count). The lowest BCUT2D eigenvalue weighted by Crippen LogP contribution is -2.35. The molecule has 1 unspecified atom stereocenters. The molecule has 22 heavy (non-hydrogen) atoms. The Hall–Kier alpha value is -0.0800. The van der Waals surface area contributed by atoms with E-state index in [9.17, 15) is 0 Å². The Morgan fingerprint density at radius 3 is 1.45 bits per heavy atom. The third-order valence-corrected chi connectivity index (χ3v) is 4.53. The minimum absolute atomic E-state index is 0.604. The molecule has 0 heterocycles. The van der Waals surface area contributed by atoms with Gasteiger partial charge in [-0.2, -0.15) is 0 Å². The number of likely N-dealkylation sites (N-methyl/N-ethyl adjacent to an activating group) is 1. The molecule has 2 heteroatoms. The molecule has 0 aliphatic rings. The highest BCUT2D eigenvalue weighted by atomic mass is 15.0. The number of nitrogens with one attached hydrogen (secondary N) is 2. The van der Waals surface area contributed by atoms with Crippen LogP contribution in [0.2, 0.25) is 0 Å². The van der Waals surface area contributed by atoms with Gasteiger partial charge >= 0.3 is 0 Å². The monoisotopic (exact) mass is 312 g/mol. The number of rotatable bonds is 18. The molecule has 0 radical (unpaired) electrons. The minimum Gasteiger partial charge on any atom is -0.318 e. The van der Waals surface area contributed by atoms with Gasteiger partial charge in [-0.1, -0.05) is 90.4 Å². The molecule has 0 saturated carbocycles. The fraction of sp³-hybridized carbons (Fsp3) is 1.00. The van der Waals surface area contributed by atoms with E-state index in [0.717, 1.165) is 6.54 Å². The highest BCUT2D eigenvalue weighted by Gasteiger charge is 1.98.